The Labute approximate surface area is 145 Å². The second-order valence-corrected chi connectivity index (χ2v) is 6.67. The first-order valence-corrected chi connectivity index (χ1v) is 9.07. The van der Waals surface area contributed by atoms with E-state index in [2.05, 4.69) is 84.6 Å². The minimum atomic E-state index is 0.401. The highest BCUT2D eigenvalue weighted by Gasteiger charge is 2.13. The first kappa shape index (κ1) is 16.8. The summed E-state index contributed by atoms with van der Waals surface area (Å²) < 4.78 is 2.22. The van der Waals surface area contributed by atoms with Gasteiger partial charge in [0, 0.05) is 25.0 Å². The van der Waals surface area contributed by atoms with Crippen LogP contribution in [0.1, 0.15) is 43.5 Å². The van der Waals surface area contributed by atoms with Crippen molar-refractivity contribution in [2.75, 3.05) is 6.54 Å². The van der Waals surface area contributed by atoms with E-state index < -0.39 is 0 Å². The fourth-order valence-electron chi connectivity index (χ4n) is 3.41. The van der Waals surface area contributed by atoms with Gasteiger partial charge in [-0.2, -0.15) is 0 Å². The summed E-state index contributed by atoms with van der Waals surface area (Å²) in [5.41, 5.74) is 5.53. The second kappa shape index (κ2) is 8.16. The lowest BCUT2D eigenvalue weighted by Crippen LogP contribution is -2.19. The summed E-state index contributed by atoms with van der Waals surface area (Å²) in [4.78, 5) is 0. The lowest BCUT2D eigenvalue weighted by atomic mass is 10.0. The van der Waals surface area contributed by atoms with Gasteiger partial charge in [-0.05, 0) is 61.6 Å². The molecule has 1 aromatic rings. The van der Waals surface area contributed by atoms with Gasteiger partial charge in [0.15, 0.2) is 0 Å². The zero-order valence-corrected chi connectivity index (χ0v) is 14.8. The third-order valence-electron chi connectivity index (χ3n) is 4.90. The van der Waals surface area contributed by atoms with Gasteiger partial charge in [0.1, 0.15) is 0 Å². The molecular weight excluding hydrogens is 292 g/mol. The largest absolute Gasteiger partial charge is 0.354 e. The summed E-state index contributed by atoms with van der Waals surface area (Å²) in [7, 11) is 2.13. The minimum absolute atomic E-state index is 0.401. The number of nitrogens with zero attached hydrogens (tertiary/aromatic N) is 1. The summed E-state index contributed by atoms with van der Waals surface area (Å²) in [5, 5.41) is 3.69. The molecule has 0 amide bonds. The molecule has 126 valence electrons. The van der Waals surface area contributed by atoms with Gasteiger partial charge >= 0.3 is 0 Å². The van der Waals surface area contributed by atoms with Crippen molar-refractivity contribution in [1.29, 1.82) is 0 Å². The van der Waals surface area contributed by atoms with E-state index in [-0.39, 0.29) is 0 Å². The van der Waals surface area contributed by atoms with Crippen LogP contribution < -0.4 is 5.32 Å². The number of aryl methyl sites for hydroxylation is 2. The Kier molecular flexibility index (Phi) is 5.71. The van der Waals surface area contributed by atoms with Crippen molar-refractivity contribution in [3.05, 3.63) is 72.1 Å². The third-order valence-corrected chi connectivity index (χ3v) is 4.90. The Bertz CT molecular complexity index is 728. The van der Waals surface area contributed by atoms with E-state index in [4.69, 9.17) is 0 Å². The highest BCUT2D eigenvalue weighted by atomic mass is 14.9. The fourth-order valence-corrected chi connectivity index (χ4v) is 3.41. The maximum atomic E-state index is 3.69. The maximum absolute atomic E-state index is 3.69. The molecule has 0 saturated heterocycles. The quantitative estimate of drug-likeness (QED) is 0.565. The molecule has 0 aromatic carbocycles. The average Bonchev–Trinajstić information content (AvgIpc) is 3.10. The van der Waals surface area contributed by atoms with Gasteiger partial charge in [0.05, 0.1) is 0 Å². The van der Waals surface area contributed by atoms with Crippen LogP contribution in [0.15, 0.2) is 60.8 Å². The van der Waals surface area contributed by atoms with E-state index in [1.807, 2.05) is 0 Å². The van der Waals surface area contributed by atoms with Gasteiger partial charge in [-0.25, -0.2) is 0 Å². The van der Waals surface area contributed by atoms with E-state index >= 15 is 0 Å². The van der Waals surface area contributed by atoms with Crippen LogP contribution in [0.5, 0.6) is 0 Å². The van der Waals surface area contributed by atoms with Gasteiger partial charge in [0.2, 0.25) is 0 Å². The van der Waals surface area contributed by atoms with Crippen LogP contribution in [0.2, 0.25) is 0 Å². The SMILES string of the molecule is CC(NCCCCCc1cccn1C)c1ccc2cccccc1-2. The molecular formula is C22H28N2. The van der Waals surface area contributed by atoms with Gasteiger partial charge in [0.25, 0.3) is 0 Å². The Balaban J connectivity index is 1.41. The van der Waals surface area contributed by atoms with Crippen LogP contribution in [0.4, 0.5) is 0 Å². The van der Waals surface area contributed by atoms with Gasteiger partial charge in [-0.3, -0.25) is 0 Å². The summed E-state index contributed by atoms with van der Waals surface area (Å²) in [6, 6.07) is 20.0. The third kappa shape index (κ3) is 4.07. The number of aromatic nitrogens is 1. The fraction of sp³-hybridized carbons (Fsp3) is 0.364. The molecule has 1 N–H and O–H groups in total. The molecule has 0 spiro atoms. The van der Waals surface area contributed by atoms with E-state index in [9.17, 15) is 0 Å². The van der Waals surface area contributed by atoms with Crippen molar-refractivity contribution in [3.63, 3.8) is 0 Å². The number of hydrogen-bond donors (Lipinski definition) is 1. The summed E-state index contributed by atoms with van der Waals surface area (Å²) in [6.07, 6.45) is 7.09. The summed E-state index contributed by atoms with van der Waals surface area (Å²) in [5.74, 6) is 0. The highest BCUT2D eigenvalue weighted by Crippen LogP contribution is 2.31. The number of rotatable bonds is 8. The molecule has 0 fully saturated rings. The minimum Gasteiger partial charge on any atom is -0.354 e. The second-order valence-electron chi connectivity index (χ2n) is 6.67. The zero-order valence-electron chi connectivity index (χ0n) is 14.8. The number of fused-ring (bicyclic) bond motifs is 1. The molecule has 2 nitrogen and oxygen atoms in total. The molecule has 1 aromatic heterocycles. The molecule has 0 bridgehead atoms. The average molecular weight is 320 g/mol. The zero-order chi connectivity index (χ0) is 16.8. The number of nitrogens with one attached hydrogen (secondary N) is 1. The number of hydrogen-bond acceptors (Lipinski definition) is 1. The van der Waals surface area contributed by atoms with Crippen LogP contribution in [-0.2, 0) is 13.5 Å². The molecule has 1 unspecified atom stereocenters. The topological polar surface area (TPSA) is 17.0 Å². The van der Waals surface area contributed by atoms with E-state index in [1.165, 1.54) is 48.1 Å². The van der Waals surface area contributed by atoms with Gasteiger partial charge in [-0.15, -0.1) is 0 Å². The molecule has 0 saturated carbocycles. The van der Waals surface area contributed by atoms with Crippen molar-refractivity contribution in [1.82, 2.24) is 9.88 Å². The predicted octanol–water partition coefficient (Wildman–Crippen LogP) is 5.19. The molecule has 24 heavy (non-hydrogen) atoms. The molecule has 2 aliphatic carbocycles. The first-order valence-electron chi connectivity index (χ1n) is 9.07. The highest BCUT2D eigenvalue weighted by molar-refractivity contribution is 5.70. The summed E-state index contributed by atoms with van der Waals surface area (Å²) in [6.45, 7) is 3.35. The Hall–Kier alpha value is -2.06. The van der Waals surface area contributed by atoms with Crippen LogP contribution in [0.25, 0.3) is 11.1 Å². The maximum Gasteiger partial charge on any atom is 0.0297 e. The molecule has 0 radical (unpaired) electrons. The first-order chi connectivity index (χ1) is 11.8. The van der Waals surface area contributed by atoms with E-state index in [0.29, 0.717) is 6.04 Å². The van der Waals surface area contributed by atoms with Crippen LogP contribution >= 0.6 is 0 Å². The van der Waals surface area contributed by atoms with Crippen LogP contribution in [0, 0.1) is 0 Å². The molecule has 3 rings (SSSR count). The smallest absolute Gasteiger partial charge is 0.0297 e. The van der Waals surface area contributed by atoms with E-state index in [0.717, 1.165) is 6.54 Å². The Morgan fingerprint density at radius 3 is 2.62 bits per heavy atom. The monoisotopic (exact) mass is 320 g/mol. The van der Waals surface area contributed by atoms with Gasteiger partial charge < -0.3 is 9.88 Å². The van der Waals surface area contributed by atoms with Crippen molar-refractivity contribution < 1.29 is 0 Å². The van der Waals surface area contributed by atoms with Crippen molar-refractivity contribution in [2.24, 2.45) is 7.05 Å². The van der Waals surface area contributed by atoms with Crippen LogP contribution in [-0.4, -0.2) is 11.1 Å². The Morgan fingerprint density at radius 1 is 0.917 bits per heavy atom. The van der Waals surface area contributed by atoms with Crippen molar-refractivity contribution in [2.45, 2.75) is 38.6 Å². The van der Waals surface area contributed by atoms with Gasteiger partial charge in [-0.1, -0.05) is 48.9 Å². The standard InChI is InChI=1S/C22H28N2/c1-18(21-15-14-19-10-5-3-7-13-22(19)21)23-16-8-4-6-11-20-12-9-17-24(20)2/h3,5,7,9-10,12-15,17-18,23H,4,6,8,11,16H2,1-2H3. The normalized spacial score (nSPS) is 12.6. The predicted molar refractivity (Wildman–Crippen MR) is 102 cm³/mol. The van der Waals surface area contributed by atoms with Crippen molar-refractivity contribution in [3.8, 4) is 11.1 Å². The number of unbranched alkanes of at least 4 members (excludes halogenated alkanes) is 2. The molecule has 2 aliphatic rings. The Morgan fingerprint density at radius 2 is 1.79 bits per heavy atom. The molecule has 2 heteroatoms. The summed E-state index contributed by atoms with van der Waals surface area (Å²) >= 11 is 0. The molecule has 1 heterocycles. The van der Waals surface area contributed by atoms with E-state index in [1.54, 1.807) is 0 Å². The molecule has 1 atom stereocenters. The lowest BCUT2D eigenvalue weighted by molar-refractivity contribution is 0.538. The van der Waals surface area contributed by atoms with Crippen LogP contribution in [0.3, 0.4) is 0 Å². The van der Waals surface area contributed by atoms with Crippen molar-refractivity contribution >= 4 is 0 Å². The lowest BCUT2D eigenvalue weighted by Gasteiger charge is -2.14. The molecule has 0 aliphatic heterocycles.